The Kier molecular flexibility index (Phi) is 8.62. The number of likely N-dealkylation sites (N-methyl/N-ethyl adjacent to an activating group) is 1. The van der Waals surface area contributed by atoms with Crippen LogP contribution in [0.3, 0.4) is 0 Å². The first kappa shape index (κ1) is 27.9. The number of fused-ring (bicyclic) bond motifs is 3. The van der Waals surface area contributed by atoms with Crippen molar-refractivity contribution in [1.82, 2.24) is 9.21 Å². The summed E-state index contributed by atoms with van der Waals surface area (Å²) in [5.41, 5.74) is 2.98. The molecule has 7 nitrogen and oxygen atoms in total. The van der Waals surface area contributed by atoms with Gasteiger partial charge in [-0.3, -0.25) is 4.79 Å². The van der Waals surface area contributed by atoms with Gasteiger partial charge in [0.15, 0.2) is 0 Å². The van der Waals surface area contributed by atoms with Crippen LogP contribution in [0.4, 0.5) is 4.39 Å². The summed E-state index contributed by atoms with van der Waals surface area (Å²) in [6.07, 6.45) is -0.628. The molecule has 0 saturated heterocycles. The fraction of sp³-hybridized carbons (Fsp3) is 0.345. The summed E-state index contributed by atoms with van der Waals surface area (Å²) < 4.78 is 48.3. The molecule has 0 unspecified atom stereocenters. The normalized spacial score (nSPS) is 19.4. The van der Waals surface area contributed by atoms with Crippen molar-refractivity contribution in [2.24, 2.45) is 5.92 Å². The van der Waals surface area contributed by atoms with Gasteiger partial charge in [0.25, 0.3) is 5.91 Å². The zero-order valence-corrected chi connectivity index (χ0v) is 22.6. The lowest BCUT2D eigenvalue weighted by molar-refractivity contribution is -0.0146. The summed E-state index contributed by atoms with van der Waals surface area (Å²) in [4.78, 5) is 15.1. The first-order valence-corrected chi connectivity index (χ1v) is 14.0. The Labute approximate surface area is 223 Å². The third kappa shape index (κ3) is 5.66. The quantitative estimate of drug-likeness (QED) is 0.507. The molecule has 1 aliphatic rings. The van der Waals surface area contributed by atoms with Gasteiger partial charge in [-0.25, -0.2) is 12.8 Å². The van der Waals surface area contributed by atoms with Gasteiger partial charge in [0.2, 0.25) is 10.0 Å². The third-order valence-electron chi connectivity index (χ3n) is 7.06. The van der Waals surface area contributed by atoms with Crippen molar-refractivity contribution in [2.75, 3.05) is 26.7 Å². The minimum absolute atomic E-state index is 0.0531. The minimum Gasteiger partial charge on any atom is -0.394 e. The van der Waals surface area contributed by atoms with Crippen molar-refractivity contribution in [1.29, 1.82) is 0 Å². The van der Waals surface area contributed by atoms with Gasteiger partial charge in [-0.05, 0) is 41.8 Å². The maximum Gasteiger partial charge on any atom is 0.254 e. The number of sulfonamides is 1. The smallest absolute Gasteiger partial charge is 0.254 e. The maximum absolute atomic E-state index is 14.4. The molecule has 202 valence electrons. The van der Waals surface area contributed by atoms with Crippen LogP contribution in [-0.4, -0.2) is 67.5 Å². The van der Waals surface area contributed by atoms with Crippen LogP contribution < -0.4 is 0 Å². The molecule has 1 N–H and O–H groups in total. The van der Waals surface area contributed by atoms with E-state index in [-0.39, 0.29) is 38.1 Å². The van der Waals surface area contributed by atoms with Crippen LogP contribution in [0.5, 0.6) is 0 Å². The highest BCUT2D eigenvalue weighted by Crippen LogP contribution is 2.31. The Morgan fingerprint density at radius 3 is 2.32 bits per heavy atom. The second-order valence-corrected chi connectivity index (χ2v) is 11.7. The van der Waals surface area contributed by atoms with Crippen molar-refractivity contribution in [3.8, 4) is 11.1 Å². The van der Waals surface area contributed by atoms with Crippen LogP contribution in [0.15, 0.2) is 77.7 Å². The van der Waals surface area contributed by atoms with E-state index < -0.39 is 32.9 Å². The number of nitrogens with zero attached hydrogens (tertiary/aromatic N) is 2. The molecule has 38 heavy (non-hydrogen) atoms. The average molecular weight is 541 g/mol. The zero-order valence-electron chi connectivity index (χ0n) is 21.7. The first-order valence-electron chi connectivity index (χ1n) is 12.6. The Hall–Kier alpha value is -3.11. The van der Waals surface area contributed by atoms with Crippen molar-refractivity contribution >= 4 is 15.9 Å². The zero-order chi connectivity index (χ0) is 27.4. The van der Waals surface area contributed by atoms with Crippen LogP contribution in [0.25, 0.3) is 11.1 Å². The van der Waals surface area contributed by atoms with Crippen molar-refractivity contribution in [3.63, 3.8) is 0 Å². The highest BCUT2D eigenvalue weighted by Gasteiger charge is 2.33. The molecule has 1 amide bonds. The van der Waals surface area contributed by atoms with E-state index in [0.717, 1.165) is 27.1 Å². The lowest BCUT2D eigenvalue weighted by atomic mass is 9.94. The highest BCUT2D eigenvalue weighted by molar-refractivity contribution is 7.89. The molecule has 3 aromatic carbocycles. The molecule has 0 saturated carbocycles. The minimum atomic E-state index is -4.13. The fourth-order valence-electron chi connectivity index (χ4n) is 4.72. The molecule has 4 rings (SSSR count). The van der Waals surface area contributed by atoms with E-state index in [0.29, 0.717) is 5.56 Å². The van der Waals surface area contributed by atoms with E-state index in [4.69, 9.17) is 4.74 Å². The molecule has 0 radical (unpaired) electrons. The standard InChI is InChI=1S/C29H33FN2O5S/c1-20-16-32(21(2)18-33)29(34)25-13-7-6-12-24(25)23-11-5-4-10-22(23)19-37-27(20)17-31(3)38(35,36)28-15-9-8-14-26(28)30/h4-15,20-21,27,33H,16-19H2,1-3H3/t20-,21+,27-/m0/s1. The fourth-order valence-corrected chi connectivity index (χ4v) is 5.97. The predicted octanol–water partition coefficient (Wildman–Crippen LogP) is 4.17. The van der Waals surface area contributed by atoms with Crippen molar-refractivity contribution in [2.45, 2.75) is 37.5 Å². The predicted molar refractivity (Wildman–Crippen MR) is 143 cm³/mol. The number of carbonyl (C=O) groups excluding carboxylic acids is 1. The lowest BCUT2D eigenvalue weighted by Gasteiger charge is -2.35. The number of halogens is 1. The van der Waals surface area contributed by atoms with Gasteiger partial charge in [0, 0.05) is 31.6 Å². The molecule has 0 spiro atoms. The largest absolute Gasteiger partial charge is 0.394 e. The van der Waals surface area contributed by atoms with Crippen LogP contribution in [-0.2, 0) is 21.4 Å². The lowest BCUT2D eigenvalue weighted by Crippen LogP contribution is -2.47. The molecule has 3 atom stereocenters. The van der Waals surface area contributed by atoms with Crippen molar-refractivity contribution in [3.05, 3.63) is 89.7 Å². The van der Waals surface area contributed by atoms with Crippen LogP contribution in [0, 0.1) is 11.7 Å². The number of hydrogen-bond donors (Lipinski definition) is 1. The summed E-state index contributed by atoms with van der Waals surface area (Å²) in [6.45, 7) is 3.78. The molecular formula is C29H33FN2O5S. The number of benzene rings is 3. The molecule has 0 aliphatic carbocycles. The summed E-state index contributed by atoms with van der Waals surface area (Å²) >= 11 is 0. The first-order chi connectivity index (χ1) is 18.1. The number of rotatable bonds is 6. The number of hydrogen-bond acceptors (Lipinski definition) is 5. The number of amides is 1. The Balaban J connectivity index is 1.74. The van der Waals surface area contributed by atoms with Crippen molar-refractivity contribution < 1.29 is 27.4 Å². The van der Waals surface area contributed by atoms with E-state index in [2.05, 4.69) is 0 Å². The topological polar surface area (TPSA) is 87.2 Å². The van der Waals surface area contributed by atoms with E-state index in [1.807, 2.05) is 49.4 Å². The maximum atomic E-state index is 14.4. The van der Waals surface area contributed by atoms with Gasteiger partial charge >= 0.3 is 0 Å². The molecule has 9 heteroatoms. The molecule has 0 bridgehead atoms. The monoisotopic (exact) mass is 540 g/mol. The molecular weight excluding hydrogens is 507 g/mol. The molecule has 0 fully saturated rings. The van der Waals surface area contributed by atoms with Crippen LogP contribution in [0.1, 0.15) is 29.8 Å². The van der Waals surface area contributed by atoms with E-state index in [9.17, 15) is 22.7 Å². The second-order valence-electron chi connectivity index (χ2n) is 9.73. The van der Waals surface area contributed by atoms with Gasteiger partial charge < -0.3 is 14.7 Å². The summed E-state index contributed by atoms with van der Waals surface area (Å²) in [6, 6.07) is 19.8. The van der Waals surface area contributed by atoms with E-state index in [1.54, 1.807) is 17.9 Å². The molecule has 1 aliphatic heterocycles. The van der Waals surface area contributed by atoms with Gasteiger partial charge in [-0.1, -0.05) is 61.5 Å². The summed E-state index contributed by atoms with van der Waals surface area (Å²) in [5.74, 6) is -1.36. The summed E-state index contributed by atoms with van der Waals surface area (Å²) in [7, 11) is -2.73. The second kappa shape index (κ2) is 11.7. The Bertz CT molecular complexity index is 1400. The molecule has 1 heterocycles. The highest BCUT2D eigenvalue weighted by atomic mass is 32.2. The number of ether oxygens (including phenoxy) is 1. The van der Waals surface area contributed by atoms with Crippen LogP contribution >= 0.6 is 0 Å². The van der Waals surface area contributed by atoms with Gasteiger partial charge in [0.05, 0.1) is 25.4 Å². The average Bonchev–Trinajstić information content (AvgIpc) is 2.94. The number of aliphatic hydroxyl groups is 1. The number of carbonyl (C=O) groups is 1. The Morgan fingerprint density at radius 2 is 1.63 bits per heavy atom. The molecule has 3 aromatic rings. The van der Waals surface area contributed by atoms with Crippen LogP contribution in [0.2, 0.25) is 0 Å². The Morgan fingerprint density at radius 1 is 1.03 bits per heavy atom. The van der Waals surface area contributed by atoms with Gasteiger partial charge in [-0.15, -0.1) is 0 Å². The van der Waals surface area contributed by atoms with E-state index >= 15 is 0 Å². The molecule has 0 aromatic heterocycles. The van der Waals surface area contributed by atoms with Gasteiger partial charge in [-0.2, -0.15) is 4.31 Å². The van der Waals surface area contributed by atoms with Gasteiger partial charge in [0.1, 0.15) is 10.7 Å². The number of aliphatic hydroxyl groups excluding tert-OH is 1. The SMILES string of the molecule is C[C@H](CO)N1C[C@H](C)[C@H](CN(C)S(=O)(=O)c2ccccc2F)OCc2ccccc2-c2ccccc2C1=O. The van der Waals surface area contributed by atoms with E-state index in [1.165, 1.54) is 25.2 Å². The third-order valence-corrected chi connectivity index (χ3v) is 8.91. The summed E-state index contributed by atoms with van der Waals surface area (Å²) in [5, 5.41) is 9.96.